The normalized spacial score (nSPS) is 15.6. The van der Waals surface area contributed by atoms with Crippen LogP contribution in [0.1, 0.15) is 37.0 Å². The number of amides is 1. The number of nitrogens with one attached hydrogen (secondary N) is 1. The van der Waals surface area contributed by atoms with Crippen molar-refractivity contribution in [1.29, 1.82) is 0 Å². The van der Waals surface area contributed by atoms with Crippen molar-refractivity contribution in [2.45, 2.75) is 32.2 Å². The predicted molar refractivity (Wildman–Crippen MR) is 80.2 cm³/mol. The third-order valence-corrected chi connectivity index (χ3v) is 3.58. The number of methoxy groups -OCH3 is 1. The summed E-state index contributed by atoms with van der Waals surface area (Å²) < 4.78 is 15.7. The summed E-state index contributed by atoms with van der Waals surface area (Å²) in [7, 11) is 1.31. The minimum absolute atomic E-state index is 0.349. The summed E-state index contributed by atoms with van der Waals surface area (Å²) in [4.78, 5) is 24.4. The van der Waals surface area contributed by atoms with E-state index in [0.29, 0.717) is 36.7 Å². The molecule has 0 spiro atoms. The molecule has 1 amide bonds. The van der Waals surface area contributed by atoms with E-state index in [4.69, 9.17) is 14.2 Å². The second kappa shape index (κ2) is 6.68. The first kappa shape index (κ1) is 16.1. The van der Waals surface area contributed by atoms with Gasteiger partial charge in [0.1, 0.15) is 18.8 Å². The Balaban J connectivity index is 2.18. The van der Waals surface area contributed by atoms with E-state index in [1.54, 1.807) is 25.1 Å². The summed E-state index contributed by atoms with van der Waals surface area (Å²) in [6, 6.07) is 4.96. The molecule has 0 aromatic heterocycles. The highest BCUT2D eigenvalue weighted by molar-refractivity contribution is 5.98. The van der Waals surface area contributed by atoms with Crippen molar-refractivity contribution in [1.82, 2.24) is 5.32 Å². The van der Waals surface area contributed by atoms with Gasteiger partial charge in [-0.05, 0) is 31.5 Å². The van der Waals surface area contributed by atoms with Gasteiger partial charge in [0, 0.05) is 5.56 Å². The molecule has 0 fully saturated rings. The van der Waals surface area contributed by atoms with Crippen molar-refractivity contribution in [3.63, 3.8) is 0 Å². The van der Waals surface area contributed by atoms with Crippen molar-refractivity contribution in [3.8, 4) is 11.5 Å². The van der Waals surface area contributed by atoms with Gasteiger partial charge < -0.3 is 19.5 Å². The molecule has 1 atom stereocenters. The Morgan fingerprint density at radius 1 is 1.27 bits per heavy atom. The van der Waals surface area contributed by atoms with Crippen LogP contribution in [-0.4, -0.2) is 37.7 Å². The maximum Gasteiger partial charge on any atom is 0.331 e. The molecule has 120 valence electrons. The van der Waals surface area contributed by atoms with E-state index < -0.39 is 11.5 Å². The maximum absolute atomic E-state index is 12.4. The highest BCUT2D eigenvalue weighted by Crippen LogP contribution is 2.31. The molecule has 1 N–H and O–H groups in total. The highest BCUT2D eigenvalue weighted by atomic mass is 16.6. The Morgan fingerprint density at radius 3 is 2.59 bits per heavy atom. The van der Waals surface area contributed by atoms with Gasteiger partial charge in [0.25, 0.3) is 5.91 Å². The zero-order chi connectivity index (χ0) is 16.2. The van der Waals surface area contributed by atoms with Gasteiger partial charge >= 0.3 is 5.97 Å². The average molecular weight is 307 g/mol. The quantitative estimate of drug-likeness (QED) is 0.841. The Labute approximate surface area is 129 Å². The Morgan fingerprint density at radius 2 is 1.95 bits per heavy atom. The highest BCUT2D eigenvalue weighted by Gasteiger charge is 2.35. The molecule has 22 heavy (non-hydrogen) atoms. The summed E-state index contributed by atoms with van der Waals surface area (Å²) in [6.07, 6.45) is 1.24. The zero-order valence-electron chi connectivity index (χ0n) is 13.1. The lowest BCUT2D eigenvalue weighted by atomic mass is 9.95. The van der Waals surface area contributed by atoms with E-state index in [0.717, 1.165) is 6.42 Å². The van der Waals surface area contributed by atoms with Crippen molar-refractivity contribution < 1.29 is 23.8 Å². The van der Waals surface area contributed by atoms with Gasteiger partial charge in [0.05, 0.1) is 7.11 Å². The van der Waals surface area contributed by atoms with Crippen LogP contribution in [0.15, 0.2) is 18.2 Å². The number of carbonyl (C=O) groups excluding carboxylic acids is 2. The van der Waals surface area contributed by atoms with Gasteiger partial charge in [-0.1, -0.05) is 13.3 Å². The number of benzene rings is 1. The lowest BCUT2D eigenvalue weighted by molar-refractivity contribution is -0.147. The smallest absolute Gasteiger partial charge is 0.331 e. The largest absolute Gasteiger partial charge is 0.486 e. The SMILES string of the molecule is CCC[C@](C)(NC(=O)c1ccc2c(c1)OCCO2)C(=O)OC. The molecule has 0 saturated heterocycles. The van der Waals surface area contributed by atoms with Crippen LogP contribution in [0.2, 0.25) is 0 Å². The van der Waals surface area contributed by atoms with E-state index in [1.807, 2.05) is 6.92 Å². The van der Waals surface area contributed by atoms with Crippen LogP contribution in [0.5, 0.6) is 11.5 Å². The van der Waals surface area contributed by atoms with Gasteiger partial charge in [-0.3, -0.25) is 4.79 Å². The number of carbonyl (C=O) groups is 2. The molecule has 0 bridgehead atoms. The fraction of sp³-hybridized carbons (Fsp3) is 0.500. The third kappa shape index (κ3) is 3.32. The molecule has 0 unspecified atom stereocenters. The molecule has 0 aliphatic carbocycles. The molecule has 1 aliphatic rings. The standard InChI is InChI=1S/C16H21NO5/c1-4-7-16(2,15(19)20-3)17-14(18)11-5-6-12-13(10-11)22-9-8-21-12/h5-6,10H,4,7-9H2,1-3H3,(H,17,18)/t16-/m0/s1. The van der Waals surface area contributed by atoms with Gasteiger partial charge in [-0.15, -0.1) is 0 Å². The van der Waals surface area contributed by atoms with Crippen LogP contribution in [0.25, 0.3) is 0 Å². The van der Waals surface area contributed by atoms with Crippen LogP contribution in [0, 0.1) is 0 Å². The molecular weight excluding hydrogens is 286 g/mol. The molecule has 0 radical (unpaired) electrons. The second-order valence-corrected chi connectivity index (χ2v) is 5.39. The van der Waals surface area contributed by atoms with E-state index in [-0.39, 0.29) is 5.91 Å². The first-order chi connectivity index (χ1) is 10.5. The molecule has 6 nitrogen and oxygen atoms in total. The van der Waals surface area contributed by atoms with E-state index >= 15 is 0 Å². The summed E-state index contributed by atoms with van der Waals surface area (Å²) in [5.41, 5.74) is -0.635. The third-order valence-electron chi connectivity index (χ3n) is 3.58. The van der Waals surface area contributed by atoms with Crippen LogP contribution in [0.3, 0.4) is 0 Å². The van der Waals surface area contributed by atoms with E-state index in [9.17, 15) is 9.59 Å². The summed E-state index contributed by atoms with van der Waals surface area (Å²) in [6.45, 7) is 4.55. The molecule has 1 aromatic carbocycles. The number of hydrogen-bond donors (Lipinski definition) is 1. The molecule has 2 rings (SSSR count). The van der Waals surface area contributed by atoms with Crippen molar-refractivity contribution in [3.05, 3.63) is 23.8 Å². The van der Waals surface area contributed by atoms with Crippen LogP contribution in [0.4, 0.5) is 0 Å². The number of fused-ring (bicyclic) bond motifs is 1. The monoisotopic (exact) mass is 307 g/mol. The number of rotatable bonds is 5. The second-order valence-electron chi connectivity index (χ2n) is 5.39. The number of esters is 1. The summed E-state index contributed by atoms with van der Waals surface area (Å²) >= 11 is 0. The molecule has 6 heteroatoms. The van der Waals surface area contributed by atoms with Crippen molar-refractivity contribution >= 4 is 11.9 Å². The Hall–Kier alpha value is -2.24. The maximum atomic E-state index is 12.4. The molecular formula is C16H21NO5. The fourth-order valence-electron chi connectivity index (χ4n) is 2.45. The fourth-order valence-corrected chi connectivity index (χ4v) is 2.45. The first-order valence-electron chi connectivity index (χ1n) is 7.30. The molecule has 1 heterocycles. The summed E-state index contributed by atoms with van der Waals surface area (Å²) in [5.74, 6) is 0.347. The Kier molecular flexibility index (Phi) is 4.90. The number of hydrogen-bond acceptors (Lipinski definition) is 5. The van der Waals surface area contributed by atoms with Crippen molar-refractivity contribution in [2.75, 3.05) is 20.3 Å². The predicted octanol–water partition coefficient (Wildman–Crippen LogP) is 1.92. The van der Waals surface area contributed by atoms with Gasteiger partial charge in [-0.25, -0.2) is 4.79 Å². The van der Waals surface area contributed by atoms with Crippen molar-refractivity contribution in [2.24, 2.45) is 0 Å². The molecule has 1 aliphatic heterocycles. The van der Waals surface area contributed by atoms with E-state index in [1.165, 1.54) is 7.11 Å². The van der Waals surface area contributed by atoms with E-state index in [2.05, 4.69) is 5.32 Å². The van der Waals surface area contributed by atoms with Crippen LogP contribution >= 0.6 is 0 Å². The lowest BCUT2D eigenvalue weighted by Gasteiger charge is -2.27. The Bertz CT molecular complexity index is 572. The lowest BCUT2D eigenvalue weighted by Crippen LogP contribution is -2.52. The minimum Gasteiger partial charge on any atom is -0.486 e. The zero-order valence-corrected chi connectivity index (χ0v) is 13.1. The topological polar surface area (TPSA) is 73.9 Å². The molecule has 0 saturated carbocycles. The first-order valence-corrected chi connectivity index (χ1v) is 7.30. The van der Waals surface area contributed by atoms with Gasteiger partial charge in [0.15, 0.2) is 11.5 Å². The molecule has 1 aromatic rings. The van der Waals surface area contributed by atoms with Gasteiger partial charge in [0.2, 0.25) is 0 Å². The number of ether oxygens (including phenoxy) is 3. The van der Waals surface area contributed by atoms with Crippen LogP contribution < -0.4 is 14.8 Å². The van der Waals surface area contributed by atoms with Gasteiger partial charge in [-0.2, -0.15) is 0 Å². The summed E-state index contributed by atoms with van der Waals surface area (Å²) in [5, 5.41) is 2.76. The van der Waals surface area contributed by atoms with Crippen LogP contribution in [-0.2, 0) is 9.53 Å². The minimum atomic E-state index is -1.05. The average Bonchev–Trinajstić information content (AvgIpc) is 2.53.